The molecular weight excluding hydrogens is 527 g/mol. The van der Waals surface area contributed by atoms with Crippen molar-refractivity contribution in [2.75, 3.05) is 19.0 Å². The van der Waals surface area contributed by atoms with E-state index in [-0.39, 0.29) is 44.7 Å². The van der Waals surface area contributed by atoms with Crippen molar-refractivity contribution in [3.05, 3.63) is 93.0 Å². The van der Waals surface area contributed by atoms with Crippen LogP contribution in [-0.4, -0.2) is 36.7 Å². The second-order valence-corrected chi connectivity index (χ2v) is 9.24. The molecular formula is C26H19Cl2F2N3O4. The van der Waals surface area contributed by atoms with Crippen LogP contribution in [0.25, 0.3) is 0 Å². The zero-order chi connectivity index (χ0) is 26.9. The molecule has 7 nitrogen and oxygen atoms in total. The first-order valence-electron chi connectivity index (χ1n) is 10.9. The van der Waals surface area contributed by atoms with E-state index in [9.17, 15) is 20.0 Å². The van der Waals surface area contributed by atoms with Gasteiger partial charge in [0.1, 0.15) is 22.8 Å². The van der Waals surface area contributed by atoms with Crippen LogP contribution in [0.3, 0.4) is 0 Å². The predicted octanol–water partition coefficient (Wildman–Crippen LogP) is 5.13. The molecule has 3 aromatic carbocycles. The first kappa shape index (κ1) is 26.4. The Bertz CT molecular complexity index is 1450. The largest absolute Gasteiger partial charge is 0.495 e. The number of hydrogen-bond donors (Lipinski definition) is 3. The monoisotopic (exact) mass is 545 g/mol. The molecule has 1 amide bonds. The summed E-state index contributed by atoms with van der Waals surface area (Å²) in [6.45, 7) is -0.189. The van der Waals surface area contributed by atoms with Crippen LogP contribution >= 0.6 is 23.2 Å². The van der Waals surface area contributed by atoms with Crippen LogP contribution in [0.1, 0.15) is 27.4 Å². The molecule has 37 heavy (non-hydrogen) atoms. The molecule has 1 heterocycles. The van der Waals surface area contributed by atoms with E-state index >= 15 is 8.78 Å². The lowest BCUT2D eigenvalue weighted by atomic mass is 9.68. The molecule has 3 N–H and O–H groups in total. The number of carbonyl (C=O) groups excluding carboxylic acids is 1. The third-order valence-electron chi connectivity index (χ3n) is 6.38. The van der Waals surface area contributed by atoms with Gasteiger partial charge >= 0.3 is 5.97 Å². The van der Waals surface area contributed by atoms with Crippen molar-refractivity contribution in [2.24, 2.45) is 0 Å². The van der Waals surface area contributed by atoms with Crippen LogP contribution in [0.4, 0.5) is 14.5 Å². The van der Waals surface area contributed by atoms with Crippen LogP contribution in [0.15, 0.2) is 54.6 Å². The maximum absolute atomic E-state index is 15.3. The van der Waals surface area contributed by atoms with Crippen LogP contribution < -0.4 is 15.4 Å². The van der Waals surface area contributed by atoms with Crippen molar-refractivity contribution in [3.63, 3.8) is 0 Å². The number of benzene rings is 3. The molecule has 3 aromatic rings. The molecule has 1 saturated heterocycles. The van der Waals surface area contributed by atoms with Crippen molar-refractivity contribution in [3.8, 4) is 11.8 Å². The highest BCUT2D eigenvalue weighted by molar-refractivity contribution is 6.31. The van der Waals surface area contributed by atoms with E-state index in [2.05, 4.69) is 16.7 Å². The standard InChI is InChI=1S/C26H19Cl2F2N3O4/c1-37-20-9-13(25(35)36)5-8-19(20)33-24(34)23-21(15-3-2-4-17(28)22(15)30)26(11-31,12-32-23)16-7-6-14(27)10-18(16)29/h2-10,21,23,32H,12H2,1H3,(H,33,34)(H,35,36)/t21-,23?,26?/m0/s1. The molecule has 0 aliphatic carbocycles. The molecule has 190 valence electrons. The van der Waals surface area contributed by atoms with Crippen LogP contribution in [0.5, 0.6) is 5.75 Å². The highest BCUT2D eigenvalue weighted by Gasteiger charge is 2.55. The molecule has 1 aliphatic rings. The lowest BCUT2D eigenvalue weighted by Gasteiger charge is -2.31. The summed E-state index contributed by atoms with van der Waals surface area (Å²) in [7, 11) is 1.30. The maximum Gasteiger partial charge on any atom is 0.335 e. The number of carboxylic acid groups (broad SMARTS) is 1. The maximum atomic E-state index is 15.3. The van der Waals surface area contributed by atoms with E-state index in [1.807, 2.05) is 0 Å². The Balaban J connectivity index is 1.82. The molecule has 1 fully saturated rings. The molecule has 2 unspecified atom stereocenters. The number of ether oxygens (including phenoxy) is 1. The third-order valence-corrected chi connectivity index (χ3v) is 6.91. The SMILES string of the molecule is COc1cc(C(=O)O)ccc1NC(=O)C1NCC(C#N)(c2ccc(Cl)cc2F)[C@H]1c1cccc(Cl)c1F. The number of carboxylic acids is 1. The fraction of sp³-hybridized carbons (Fsp3) is 0.192. The van der Waals surface area contributed by atoms with Crippen molar-refractivity contribution in [2.45, 2.75) is 17.4 Å². The Hall–Kier alpha value is -3.71. The van der Waals surface area contributed by atoms with Crippen molar-refractivity contribution in [1.29, 1.82) is 5.26 Å². The Kier molecular flexibility index (Phi) is 7.37. The van der Waals surface area contributed by atoms with Gasteiger partial charge in [-0.1, -0.05) is 41.4 Å². The predicted molar refractivity (Wildman–Crippen MR) is 133 cm³/mol. The Morgan fingerprint density at radius 3 is 2.59 bits per heavy atom. The highest BCUT2D eigenvalue weighted by Crippen LogP contribution is 2.47. The number of hydrogen-bond acceptors (Lipinski definition) is 5. The van der Waals surface area contributed by atoms with Gasteiger partial charge in [0.2, 0.25) is 5.91 Å². The molecule has 1 aliphatic heterocycles. The zero-order valence-electron chi connectivity index (χ0n) is 19.2. The summed E-state index contributed by atoms with van der Waals surface area (Å²) in [6.07, 6.45) is 0. The van der Waals surface area contributed by atoms with Gasteiger partial charge in [0, 0.05) is 23.0 Å². The fourth-order valence-corrected chi connectivity index (χ4v) is 4.99. The molecule has 3 atom stereocenters. The van der Waals surface area contributed by atoms with Gasteiger partial charge in [-0.15, -0.1) is 0 Å². The van der Waals surface area contributed by atoms with E-state index in [0.717, 1.165) is 6.07 Å². The number of methoxy groups -OCH3 is 1. The minimum Gasteiger partial charge on any atom is -0.495 e. The minimum atomic E-state index is -1.71. The van der Waals surface area contributed by atoms with Gasteiger partial charge in [-0.05, 0) is 42.0 Å². The van der Waals surface area contributed by atoms with Crippen LogP contribution in [-0.2, 0) is 10.2 Å². The Labute approximate surface area is 220 Å². The number of halogens is 4. The highest BCUT2D eigenvalue weighted by atomic mass is 35.5. The van der Waals surface area contributed by atoms with Gasteiger partial charge in [-0.25, -0.2) is 13.6 Å². The van der Waals surface area contributed by atoms with E-state index in [4.69, 9.17) is 27.9 Å². The minimum absolute atomic E-state index is 0.0539. The first-order chi connectivity index (χ1) is 17.6. The number of anilines is 1. The normalized spacial score (nSPS) is 20.8. The van der Waals surface area contributed by atoms with Crippen LogP contribution in [0.2, 0.25) is 10.0 Å². The second kappa shape index (κ2) is 10.3. The number of nitriles is 1. The van der Waals surface area contributed by atoms with E-state index in [1.54, 1.807) is 0 Å². The van der Waals surface area contributed by atoms with Gasteiger partial charge < -0.3 is 20.5 Å². The molecule has 0 bridgehead atoms. The number of nitrogens with zero attached hydrogens (tertiary/aromatic N) is 1. The van der Waals surface area contributed by atoms with Gasteiger partial charge in [0.15, 0.2) is 0 Å². The fourth-order valence-electron chi connectivity index (χ4n) is 4.65. The van der Waals surface area contributed by atoms with Gasteiger partial charge in [-0.3, -0.25) is 4.79 Å². The van der Waals surface area contributed by atoms with Gasteiger partial charge in [0.05, 0.1) is 35.5 Å². The lowest BCUT2D eigenvalue weighted by Crippen LogP contribution is -2.41. The lowest BCUT2D eigenvalue weighted by molar-refractivity contribution is -0.118. The molecule has 0 radical (unpaired) electrons. The summed E-state index contributed by atoms with van der Waals surface area (Å²) in [4.78, 5) is 24.8. The summed E-state index contributed by atoms with van der Waals surface area (Å²) in [5.41, 5.74) is -1.73. The Morgan fingerprint density at radius 1 is 1.19 bits per heavy atom. The summed E-state index contributed by atoms with van der Waals surface area (Å²) in [5, 5.41) is 25.0. The van der Waals surface area contributed by atoms with Crippen molar-refractivity contribution in [1.82, 2.24) is 5.32 Å². The van der Waals surface area contributed by atoms with Crippen molar-refractivity contribution < 1.29 is 28.2 Å². The smallest absolute Gasteiger partial charge is 0.335 e. The summed E-state index contributed by atoms with van der Waals surface area (Å²) in [5.74, 6) is -4.63. The molecule has 11 heteroatoms. The number of aromatic carboxylic acids is 1. The first-order valence-corrected chi connectivity index (χ1v) is 11.6. The Morgan fingerprint density at radius 2 is 1.95 bits per heavy atom. The number of carbonyl (C=O) groups is 2. The quantitative estimate of drug-likeness (QED) is 0.395. The zero-order valence-corrected chi connectivity index (χ0v) is 20.7. The van der Waals surface area contributed by atoms with E-state index < -0.39 is 40.9 Å². The van der Waals surface area contributed by atoms with Gasteiger partial charge in [0.25, 0.3) is 0 Å². The average Bonchev–Trinajstić information content (AvgIpc) is 3.26. The number of amides is 1. The van der Waals surface area contributed by atoms with Crippen LogP contribution in [0, 0.1) is 23.0 Å². The summed E-state index contributed by atoms with van der Waals surface area (Å²) < 4.78 is 35.7. The third kappa shape index (κ3) is 4.71. The molecule has 4 rings (SSSR count). The summed E-state index contributed by atoms with van der Waals surface area (Å²) >= 11 is 11.9. The molecule has 0 aromatic heterocycles. The van der Waals surface area contributed by atoms with E-state index in [0.29, 0.717) is 0 Å². The number of rotatable bonds is 6. The summed E-state index contributed by atoms with van der Waals surface area (Å²) in [6, 6.07) is 12.7. The van der Waals surface area contributed by atoms with E-state index in [1.165, 1.54) is 55.6 Å². The number of nitrogens with one attached hydrogen (secondary N) is 2. The molecule has 0 spiro atoms. The van der Waals surface area contributed by atoms with Crippen molar-refractivity contribution >= 4 is 40.8 Å². The second-order valence-electron chi connectivity index (χ2n) is 8.40. The average molecular weight is 546 g/mol. The molecule has 0 saturated carbocycles. The van der Waals surface area contributed by atoms with Gasteiger partial charge in [-0.2, -0.15) is 5.26 Å². The topological polar surface area (TPSA) is 111 Å².